The molecule has 0 unspecified atom stereocenters. The lowest BCUT2D eigenvalue weighted by Crippen LogP contribution is -2.17. The fourth-order valence-electron chi connectivity index (χ4n) is 1.51. The van der Waals surface area contributed by atoms with Crippen LogP contribution in [0.25, 0.3) is 6.08 Å². The average molecular weight is 298 g/mol. The maximum absolute atomic E-state index is 10.4. The number of halogens is 1. The van der Waals surface area contributed by atoms with Crippen molar-refractivity contribution in [2.24, 2.45) is 0 Å². The molecule has 0 aromatic heterocycles. The van der Waals surface area contributed by atoms with Crippen molar-refractivity contribution >= 4 is 33.7 Å². The van der Waals surface area contributed by atoms with Gasteiger partial charge in [-0.3, -0.25) is 0 Å². The molecular weight excluding hydrogens is 282 g/mol. The summed E-state index contributed by atoms with van der Waals surface area (Å²) in [5.74, 6) is -0.941. The third kappa shape index (κ3) is 4.23. The molecule has 1 aromatic rings. The second-order valence-corrected chi connectivity index (χ2v) is 4.65. The Balaban J connectivity index is 2.89. The highest BCUT2D eigenvalue weighted by molar-refractivity contribution is 9.10. The maximum Gasteiger partial charge on any atom is 0.328 e. The van der Waals surface area contributed by atoms with E-state index in [9.17, 15) is 4.79 Å². The first-order chi connectivity index (χ1) is 8.04. The van der Waals surface area contributed by atoms with Gasteiger partial charge in [0.25, 0.3) is 0 Å². The number of nitrogens with zero attached hydrogens (tertiary/aromatic N) is 1. The number of rotatable bonds is 5. The van der Waals surface area contributed by atoms with E-state index < -0.39 is 5.97 Å². The summed E-state index contributed by atoms with van der Waals surface area (Å²) in [7, 11) is 2.04. The molecule has 0 bridgehead atoms. The molecule has 0 aliphatic carbocycles. The molecule has 1 aromatic carbocycles. The van der Waals surface area contributed by atoms with Gasteiger partial charge in [0.15, 0.2) is 0 Å². The number of anilines is 1. The molecule has 0 saturated heterocycles. The molecule has 0 aliphatic heterocycles. The third-order valence-corrected chi connectivity index (χ3v) is 3.08. The average Bonchev–Trinajstić information content (AvgIpc) is 2.27. The number of carbonyl (C=O) groups is 1. The molecule has 92 valence electrons. The minimum Gasteiger partial charge on any atom is -0.478 e. The smallest absolute Gasteiger partial charge is 0.328 e. The number of hydrogen-bond donors (Lipinski definition) is 1. The fourth-order valence-corrected chi connectivity index (χ4v) is 2.01. The lowest BCUT2D eigenvalue weighted by Gasteiger charge is -2.19. The second-order valence-electron chi connectivity index (χ2n) is 3.80. The van der Waals surface area contributed by atoms with Crippen LogP contribution in [-0.2, 0) is 4.79 Å². The van der Waals surface area contributed by atoms with E-state index >= 15 is 0 Å². The topological polar surface area (TPSA) is 40.5 Å². The Kier molecular flexibility index (Phi) is 5.22. The van der Waals surface area contributed by atoms with Crippen molar-refractivity contribution in [1.29, 1.82) is 0 Å². The quantitative estimate of drug-likeness (QED) is 0.847. The van der Waals surface area contributed by atoms with Crippen molar-refractivity contribution < 1.29 is 9.90 Å². The molecule has 0 saturated carbocycles. The Morgan fingerprint density at radius 2 is 2.24 bits per heavy atom. The number of carboxylic acid groups (broad SMARTS) is 1. The van der Waals surface area contributed by atoms with E-state index in [2.05, 4.69) is 27.8 Å². The fraction of sp³-hybridized carbons (Fsp3) is 0.308. The Hall–Kier alpha value is -1.29. The van der Waals surface area contributed by atoms with E-state index in [0.29, 0.717) is 0 Å². The van der Waals surface area contributed by atoms with Gasteiger partial charge in [-0.25, -0.2) is 4.79 Å². The van der Waals surface area contributed by atoms with Crippen molar-refractivity contribution in [1.82, 2.24) is 0 Å². The second kappa shape index (κ2) is 6.45. The Labute approximate surface area is 110 Å². The van der Waals surface area contributed by atoms with Crippen LogP contribution < -0.4 is 4.90 Å². The lowest BCUT2D eigenvalue weighted by atomic mass is 10.2. The molecule has 0 atom stereocenters. The molecular formula is C13H16BrNO2. The zero-order valence-corrected chi connectivity index (χ0v) is 11.6. The molecule has 0 radical (unpaired) electrons. The van der Waals surface area contributed by atoms with E-state index in [1.807, 2.05) is 25.2 Å². The van der Waals surface area contributed by atoms with Crippen LogP contribution >= 0.6 is 15.9 Å². The molecule has 0 fully saturated rings. The first-order valence-corrected chi connectivity index (χ1v) is 6.25. The van der Waals surface area contributed by atoms with E-state index in [4.69, 9.17) is 5.11 Å². The number of carboxylic acids is 1. The van der Waals surface area contributed by atoms with Crippen molar-refractivity contribution in [3.05, 3.63) is 34.3 Å². The van der Waals surface area contributed by atoms with Gasteiger partial charge in [0.2, 0.25) is 0 Å². The highest BCUT2D eigenvalue weighted by Crippen LogP contribution is 2.24. The maximum atomic E-state index is 10.4. The van der Waals surface area contributed by atoms with E-state index in [1.165, 1.54) is 0 Å². The highest BCUT2D eigenvalue weighted by Gasteiger charge is 2.03. The predicted molar refractivity (Wildman–Crippen MR) is 74.4 cm³/mol. The van der Waals surface area contributed by atoms with Crippen molar-refractivity contribution in [3.63, 3.8) is 0 Å². The predicted octanol–water partition coefficient (Wildman–Crippen LogP) is 3.39. The first-order valence-electron chi connectivity index (χ1n) is 5.46. The largest absolute Gasteiger partial charge is 0.478 e. The van der Waals surface area contributed by atoms with Gasteiger partial charge in [-0.2, -0.15) is 0 Å². The molecule has 1 N–H and O–H groups in total. The number of benzene rings is 1. The standard InChI is InChI=1S/C13H16BrNO2/c1-3-8-15(2)11-6-4-10(12(14)9-11)5-7-13(16)17/h4-7,9H,3,8H2,1-2H3,(H,16,17)/b7-5+. The van der Waals surface area contributed by atoms with Crippen LogP contribution in [0, 0.1) is 0 Å². The Morgan fingerprint density at radius 3 is 2.76 bits per heavy atom. The summed E-state index contributed by atoms with van der Waals surface area (Å²) >= 11 is 3.45. The van der Waals surface area contributed by atoms with Gasteiger partial charge in [0.1, 0.15) is 0 Å². The van der Waals surface area contributed by atoms with Gasteiger partial charge in [-0.1, -0.05) is 28.9 Å². The summed E-state index contributed by atoms with van der Waals surface area (Å²) in [6.45, 7) is 3.13. The molecule has 4 heteroatoms. The molecule has 0 aliphatic rings. The highest BCUT2D eigenvalue weighted by atomic mass is 79.9. The Bertz CT molecular complexity index is 429. The van der Waals surface area contributed by atoms with Crippen LogP contribution in [0.15, 0.2) is 28.7 Å². The minimum absolute atomic E-state index is 0.862. The van der Waals surface area contributed by atoms with Crippen LogP contribution in [0.4, 0.5) is 5.69 Å². The van der Waals surface area contributed by atoms with Crippen LogP contribution in [-0.4, -0.2) is 24.7 Å². The summed E-state index contributed by atoms with van der Waals surface area (Å²) in [4.78, 5) is 12.6. The van der Waals surface area contributed by atoms with Crippen molar-refractivity contribution in [2.45, 2.75) is 13.3 Å². The van der Waals surface area contributed by atoms with Crippen molar-refractivity contribution in [3.8, 4) is 0 Å². The van der Waals surface area contributed by atoms with Crippen LogP contribution in [0.2, 0.25) is 0 Å². The van der Waals surface area contributed by atoms with Gasteiger partial charge < -0.3 is 10.0 Å². The zero-order valence-electron chi connectivity index (χ0n) is 9.98. The molecule has 17 heavy (non-hydrogen) atoms. The Morgan fingerprint density at radius 1 is 1.53 bits per heavy atom. The molecule has 0 spiro atoms. The first kappa shape index (κ1) is 13.8. The normalized spacial score (nSPS) is 10.8. The number of aliphatic carboxylic acids is 1. The molecule has 3 nitrogen and oxygen atoms in total. The van der Waals surface area contributed by atoms with Gasteiger partial charge in [0.05, 0.1) is 0 Å². The van der Waals surface area contributed by atoms with E-state index in [-0.39, 0.29) is 0 Å². The third-order valence-electron chi connectivity index (χ3n) is 2.39. The molecule has 1 rings (SSSR count). The van der Waals surface area contributed by atoms with Gasteiger partial charge >= 0.3 is 5.97 Å². The number of hydrogen-bond acceptors (Lipinski definition) is 2. The van der Waals surface area contributed by atoms with Gasteiger partial charge in [0, 0.05) is 29.8 Å². The molecule has 0 amide bonds. The lowest BCUT2D eigenvalue weighted by molar-refractivity contribution is -0.131. The van der Waals surface area contributed by atoms with Gasteiger partial charge in [-0.05, 0) is 30.2 Å². The van der Waals surface area contributed by atoms with E-state index in [0.717, 1.165) is 34.8 Å². The summed E-state index contributed by atoms with van der Waals surface area (Å²) in [5.41, 5.74) is 1.98. The SMILES string of the molecule is CCCN(C)c1ccc(/C=C/C(=O)O)c(Br)c1. The summed E-state index contributed by atoms with van der Waals surface area (Å²) in [6.07, 6.45) is 3.81. The summed E-state index contributed by atoms with van der Waals surface area (Å²) in [5, 5.41) is 8.57. The van der Waals surface area contributed by atoms with Crippen LogP contribution in [0.3, 0.4) is 0 Å². The minimum atomic E-state index is -0.941. The van der Waals surface area contributed by atoms with Crippen LogP contribution in [0.1, 0.15) is 18.9 Å². The van der Waals surface area contributed by atoms with E-state index in [1.54, 1.807) is 6.08 Å². The molecule has 0 heterocycles. The van der Waals surface area contributed by atoms with Gasteiger partial charge in [-0.15, -0.1) is 0 Å². The van der Waals surface area contributed by atoms with Crippen LogP contribution in [0.5, 0.6) is 0 Å². The van der Waals surface area contributed by atoms with Crippen molar-refractivity contribution in [2.75, 3.05) is 18.5 Å². The zero-order chi connectivity index (χ0) is 12.8. The summed E-state index contributed by atoms with van der Waals surface area (Å²) in [6, 6.07) is 5.89. The summed E-state index contributed by atoms with van der Waals surface area (Å²) < 4.78 is 0.899. The monoisotopic (exact) mass is 297 g/mol.